The van der Waals surface area contributed by atoms with Crippen LogP contribution in [0.4, 0.5) is 8.78 Å². The minimum absolute atomic E-state index is 0.0506. The second-order valence-corrected chi connectivity index (χ2v) is 12.3. The lowest BCUT2D eigenvalue weighted by molar-refractivity contribution is -0.149. The van der Waals surface area contributed by atoms with Gasteiger partial charge in [-0.1, -0.05) is 23.7 Å². The van der Waals surface area contributed by atoms with E-state index < -0.39 is 35.8 Å². The number of hydrogen-bond donors (Lipinski definition) is 6. The van der Waals surface area contributed by atoms with E-state index in [1.807, 2.05) is 5.32 Å². The van der Waals surface area contributed by atoms with Crippen LogP contribution in [-0.2, 0) is 9.53 Å². The molecule has 7 N–H and O–H groups in total. The molecule has 0 aromatic heterocycles. The van der Waals surface area contributed by atoms with Crippen molar-refractivity contribution in [2.24, 2.45) is 23.5 Å². The highest BCUT2D eigenvalue weighted by Gasteiger charge is 2.46. The van der Waals surface area contributed by atoms with Crippen LogP contribution < -0.4 is 16.5 Å². The van der Waals surface area contributed by atoms with E-state index in [9.17, 15) is 28.3 Å². The molecule has 51 heavy (non-hydrogen) atoms. The highest BCUT2D eigenvalue weighted by molar-refractivity contribution is 5.98. The average Bonchev–Trinajstić information content (AvgIpc) is 3.15. The first-order valence-corrected chi connectivity index (χ1v) is 16.4. The number of benzene rings is 2. The number of hydroxylamine groups is 1. The number of carbonyl (C=O) groups excluding carboxylic acids is 3. The first kappa shape index (κ1) is 40.2. The molecule has 0 radical (unpaired) electrons. The third-order valence-electron chi connectivity index (χ3n) is 8.41. The molecule has 1 aliphatic carbocycles. The van der Waals surface area contributed by atoms with Gasteiger partial charge in [-0.2, -0.15) is 0 Å². The van der Waals surface area contributed by atoms with E-state index in [1.54, 1.807) is 24.3 Å². The monoisotopic (exact) mass is 701 g/mol. The molecule has 1 heterocycles. The predicted molar refractivity (Wildman–Crippen MR) is 185 cm³/mol. The number of alkyl halides is 2. The summed E-state index contributed by atoms with van der Waals surface area (Å²) in [6, 6.07) is 10.6. The first-order valence-electron chi connectivity index (χ1n) is 16.4. The second kappa shape index (κ2) is 20.5. The molecular weight excluding hydrogens is 660 g/mol. The van der Waals surface area contributed by atoms with Gasteiger partial charge >= 0.3 is 0 Å². The third kappa shape index (κ3) is 13.2. The van der Waals surface area contributed by atoms with Crippen molar-refractivity contribution in [1.29, 1.82) is 0 Å². The van der Waals surface area contributed by atoms with Gasteiger partial charge in [-0.05, 0) is 124 Å². The quantitative estimate of drug-likeness (QED) is 0.146. The number of halogens is 2. The minimum atomic E-state index is -3.35. The van der Waals surface area contributed by atoms with Gasteiger partial charge in [0.1, 0.15) is 6.04 Å². The van der Waals surface area contributed by atoms with E-state index in [2.05, 4.69) is 47.4 Å². The van der Waals surface area contributed by atoms with Gasteiger partial charge < -0.3 is 26.0 Å². The van der Waals surface area contributed by atoms with Gasteiger partial charge in [0.05, 0.1) is 0 Å². The molecule has 10 nitrogen and oxygen atoms in total. The number of rotatable bonds is 7. The maximum absolute atomic E-state index is 13.0. The Morgan fingerprint density at radius 2 is 1.33 bits per heavy atom. The van der Waals surface area contributed by atoms with Crippen LogP contribution in [0.2, 0.25) is 0 Å². The summed E-state index contributed by atoms with van der Waals surface area (Å²) in [5.41, 5.74) is 5.37. The summed E-state index contributed by atoms with van der Waals surface area (Å²) in [6.07, 6.45) is 2.62. The van der Waals surface area contributed by atoms with Crippen molar-refractivity contribution in [3.05, 3.63) is 70.8 Å². The lowest BCUT2D eigenvalue weighted by Crippen LogP contribution is -2.61. The summed E-state index contributed by atoms with van der Waals surface area (Å²) in [7, 11) is 0. The lowest BCUT2D eigenvalue weighted by atomic mass is 9.83. The van der Waals surface area contributed by atoms with Crippen LogP contribution >= 0.6 is 0 Å². The molecule has 0 spiro atoms. The number of hydrogen-bond acceptors (Lipinski definition) is 7. The van der Waals surface area contributed by atoms with E-state index in [1.165, 1.54) is 24.3 Å². The van der Waals surface area contributed by atoms with Crippen molar-refractivity contribution in [3.8, 4) is 47.4 Å². The molecule has 1 aliphatic heterocycles. The second-order valence-electron chi connectivity index (χ2n) is 12.3. The van der Waals surface area contributed by atoms with Gasteiger partial charge in [0.15, 0.2) is 5.60 Å². The van der Waals surface area contributed by atoms with Crippen LogP contribution in [0, 0.1) is 65.1 Å². The van der Waals surface area contributed by atoms with Crippen LogP contribution in [0.15, 0.2) is 48.5 Å². The molecule has 2 fully saturated rings. The van der Waals surface area contributed by atoms with Gasteiger partial charge in [0.2, 0.25) is 5.91 Å². The largest absolute Gasteiger partial charge is 0.396 e. The van der Waals surface area contributed by atoms with Crippen LogP contribution in [0.25, 0.3) is 0 Å². The Balaban J connectivity index is 0.000000293. The standard InChI is InChI=1S/C21H22F2N2O5.C18H19NO2/c1-21(28,20(22)23)17(19(27)25-29)24-18(26)16-8-6-14(7-9-16)4-2-3-5-15-10-12-30-13-11-15;19-18(21)17-11-9-15(10-12-17)4-2-1-3-14-5-7-16(13-20)8-6-14/h6-9,15,17,20,28-29H,10-13H2,1H3,(H,24,26)(H,25,27);9-12,14,16,20H,5-8,13H2,(H2,19,21)/t17-,21?;/m1./s1. The van der Waals surface area contributed by atoms with Crippen LogP contribution in [0.5, 0.6) is 0 Å². The maximum Gasteiger partial charge on any atom is 0.269 e. The molecule has 2 atom stereocenters. The highest BCUT2D eigenvalue weighted by atomic mass is 19.3. The fourth-order valence-electron chi connectivity index (χ4n) is 5.12. The normalized spacial score (nSPS) is 18.4. The Labute approximate surface area is 296 Å². The summed E-state index contributed by atoms with van der Waals surface area (Å²) in [5.74, 6) is 21.8. The SMILES string of the molecule is CC(O)(C(F)F)[C@H](NC(=O)c1ccc(C#CC#CC2CCOCC2)cc1)C(=O)NO.NC(=O)c1ccc(C#CC#CC2CCC(CO)CC2)cc1. The molecule has 3 amide bonds. The zero-order chi connectivity index (χ0) is 37.2. The van der Waals surface area contributed by atoms with E-state index >= 15 is 0 Å². The van der Waals surface area contributed by atoms with Crippen molar-refractivity contribution in [3.63, 3.8) is 0 Å². The molecule has 2 aromatic rings. The molecular formula is C39H41F2N3O7. The number of amides is 3. The fourth-order valence-corrected chi connectivity index (χ4v) is 5.12. The molecule has 2 aromatic carbocycles. The van der Waals surface area contributed by atoms with Gasteiger partial charge in [0.25, 0.3) is 18.2 Å². The third-order valence-corrected chi connectivity index (χ3v) is 8.41. The summed E-state index contributed by atoms with van der Waals surface area (Å²) in [4.78, 5) is 34.9. The van der Waals surface area contributed by atoms with Crippen molar-refractivity contribution in [2.45, 2.75) is 63.5 Å². The van der Waals surface area contributed by atoms with Crippen LogP contribution in [-0.4, -0.2) is 71.0 Å². The van der Waals surface area contributed by atoms with E-state index in [4.69, 9.17) is 20.8 Å². The molecule has 12 heteroatoms. The molecule has 2 aliphatic rings. The number of nitrogens with one attached hydrogen (secondary N) is 2. The van der Waals surface area contributed by atoms with Gasteiger partial charge in [-0.3, -0.25) is 19.6 Å². The average molecular weight is 702 g/mol. The summed E-state index contributed by atoms with van der Waals surface area (Å²) in [6.45, 7) is 2.37. The Morgan fingerprint density at radius 1 is 0.843 bits per heavy atom. The molecule has 1 unspecified atom stereocenters. The van der Waals surface area contributed by atoms with Crippen molar-refractivity contribution in [1.82, 2.24) is 10.8 Å². The molecule has 268 valence electrons. The Morgan fingerprint density at radius 3 is 1.78 bits per heavy atom. The number of primary amides is 1. The van der Waals surface area contributed by atoms with Gasteiger partial charge in [-0.15, -0.1) is 0 Å². The summed E-state index contributed by atoms with van der Waals surface area (Å²) < 4.78 is 31.3. The Kier molecular flexibility index (Phi) is 16.1. The minimum Gasteiger partial charge on any atom is -0.396 e. The summed E-state index contributed by atoms with van der Waals surface area (Å²) in [5, 5.41) is 29.6. The number of nitrogens with two attached hydrogens (primary N) is 1. The van der Waals surface area contributed by atoms with Crippen molar-refractivity contribution < 1.29 is 43.3 Å². The first-order chi connectivity index (χ1) is 24.4. The zero-order valence-corrected chi connectivity index (χ0v) is 28.2. The maximum atomic E-state index is 13.0. The lowest BCUT2D eigenvalue weighted by Gasteiger charge is -2.30. The van der Waals surface area contributed by atoms with E-state index in [0.29, 0.717) is 49.7 Å². The van der Waals surface area contributed by atoms with Gasteiger partial charge in [0, 0.05) is 53.9 Å². The predicted octanol–water partition coefficient (Wildman–Crippen LogP) is 3.03. The highest BCUT2D eigenvalue weighted by Crippen LogP contribution is 2.27. The van der Waals surface area contributed by atoms with Gasteiger partial charge in [-0.25, -0.2) is 14.3 Å². The molecule has 1 saturated heterocycles. The topological polar surface area (TPSA) is 171 Å². The molecule has 0 bridgehead atoms. The van der Waals surface area contributed by atoms with Crippen LogP contribution in [0.1, 0.15) is 77.3 Å². The zero-order valence-electron chi connectivity index (χ0n) is 28.2. The number of carbonyl (C=O) groups is 3. The molecule has 4 rings (SSSR count). The Bertz CT molecular complexity index is 1740. The number of aliphatic hydroxyl groups excluding tert-OH is 1. The van der Waals surface area contributed by atoms with E-state index in [-0.39, 0.29) is 11.5 Å². The van der Waals surface area contributed by atoms with Crippen molar-refractivity contribution >= 4 is 17.7 Å². The van der Waals surface area contributed by atoms with E-state index in [0.717, 1.165) is 49.6 Å². The number of ether oxygens (including phenoxy) is 1. The smallest absolute Gasteiger partial charge is 0.269 e. The van der Waals surface area contributed by atoms with Crippen molar-refractivity contribution in [2.75, 3.05) is 19.8 Å². The fraction of sp³-hybridized carbons (Fsp3) is 0.410. The Hall–Kier alpha value is -5.21. The van der Waals surface area contributed by atoms with Crippen LogP contribution in [0.3, 0.4) is 0 Å². The molecule has 1 saturated carbocycles. The summed E-state index contributed by atoms with van der Waals surface area (Å²) >= 11 is 0. The number of aliphatic hydroxyl groups is 2.